The van der Waals surface area contributed by atoms with E-state index in [1.165, 1.54) is 0 Å². The zero-order valence-corrected chi connectivity index (χ0v) is 8.99. The number of rotatable bonds is 4. The molecule has 1 aromatic rings. The van der Waals surface area contributed by atoms with Crippen LogP contribution in [0.4, 0.5) is 5.82 Å². The number of anilines is 1. The van der Waals surface area contributed by atoms with Crippen LogP contribution in [0, 0.1) is 0 Å². The zero-order valence-electron chi connectivity index (χ0n) is 8.99. The molecule has 78 valence electrons. The van der Waals surface area contributed by atoms with Crippen LogP contribution in [0.2, 0.25) is 0 Å². The van der Waals surface area contributed by atoms with Crippen molar-refractivity contribution in [3.8, 4) is 0 Å². The number of pyridine rings is 1. The predicted octanol–water partition coefficient (Wildman–Crippen LogP) is 2.04. The SMILES string of the molecule is CCC(Nc1ccccn1)C(C)(C)O. The van der Waals surface area contributed by atoms with Crippen LogP contribution in [0.1, 0.15) is 27.2 Å². The third-order valence-electron chi connectivity index (χ3n) is 2.25. The van der Waals surface area contributed by atoms with Crippen molar-refractivity contribution < 1.29 is 5.11 Å². The summed E-state index contributed by atoms with van der Waals surface area (Å²) >= 11 is 0. The second-order valence-electron chi connectivity index (χ2n) is 3.97. The first-order valence-corrected chi connectivity index (χ1v) is 4.94. The molecular weight excluding hydrogens is 176 g/mol. The molecule has 0 saturated carbocycles. The van der Waals surface area contributed by atoms with Gasteiger partial charge in [-0.25, -0.2) is 4.98 Å². The Balaban J connectivity index is 2.67. The zero-order chi connectivity index (χ0) is 10.6. The van der Waals surface area contributed by atoms with Crippen LogP contribution in [0.15, 0.2) is 24.4 Å². The van der Waals surface area contributed by atoms with Gasteiger partial charge in [-0.2, -0.15) is 0 Å². The highest BCUT2D eigenvalue weighted by Crippen LogP contribution is 2.16. The van der Waals surface area contributed by atoms with Crippen LogP contribution in [0.5, 0.6) is 0 Å². The maximum Gasteiger partial charge on any atom is 0.126 e. The third kappa shape index (κ3) is 3.00. The van der Waals surface area contributed by atoms with Crippen molar-refractivity contribution in [2.75, 3.05) is 5.32 Å². The van der Waals surface area contributed by atoms with Crippen LogP contribution in [0.25, 0.3) is 0 Å². The Bertz CT molecular complexity index is 266. The molecule has 0 aliphatic carbocycles. The van der Waals surface area contributed by atoms with Gasteiger partial charge in [-0.15, -0.1) is 0 Å². The van der Waals surface area contributed by atoms with E-state index in [1.807, 2.05) is 25.1 Å². The Morgan fingerprint density at radius 1 is 1.50 bits per heavy atom. The van der Waals surface area contributed by atoms with Crippen molar-refractivity contribution in [1.82, 2.24) is 4.98 Å². The standard InChI is InChI=1S/C11H18N2O/c1-4-9(11(2,3)14)13-10-7-5-6-8-12-10/h5-9,14H,4H2,1-3H3,(H,12,13). The van der Waals surface area contributed by atoms with Gasteiger partial charge in [-0.1, -0.05) is 13.0 Å². The summed E-state index contributed by atoms with van der Waals surface area (Å²) in [6.45, 7) is 5.65. The molecule has 1 aromatic heterocycles. The lowest BCUT2D eigenvalue weighted by Crippen LogP contribution is -2.41. The van der Waals surface area contributed by atoms with Gasteiger partial charge in [-0.3, -0.25) is 0 Å². The van der Waals surface area contributed by atoms with Gasteiger partial charge in [0.15, 0.2) is 0 Å². The highest BCUT2D eigenvalue weighted by atomic mass is 16.3. The van der Waals surface area contributed by atoms with Gasteiger partial charge in [0, 0.05) is 6.20 Å². The number of nitrogens with one attached hydrogen (secondary N) is 1. The minimum absolute atomic E-state index is 0.0254. The quantitative estimate of drug-likeness (QED) is 0.771. The lowest BCUT2D eigenvalue weighted by molar-refractivity contribution is 0.0578. The fourth-order valence-electron chi connectivity index (χ4n) is 1.40. The minimum atomic E-state index is -0.730. The first-order chi connectivity index (χ1) is 6.54. The van der Waals surface area contributed by atoms with Gasteiger partial charge < -0.3 is 10.4 Å². The van der Waals surface area contributed by atoms with E-state index in [4.69, 9.17) is 0 Å². The molecule has 0 amide bonds. The van der Waals surface area contributed by atoms with Crippen LogP contribution >= 0.6 is 0 Å². The Morgan fingerprint density at radius 2 is 2.21 bits per heavy atom. The van der Waals surface area contributed by atoms with Gasteiger partial charge in [0.1, 0.15) is 5.82 Å². The van der Waals surface area contributed by atoms with Crippen molar-refractivity contribution >= 4 is 5.82 Å². The molecule has 3 heteroatoms. The van der Waals surface area contributed by atoms with E-state index in [1.54, 1.807) is 20.0 Å². The third-order valence-corrected chi connectivity index (χ3v) is 2.25. The number of aliphatic hydroxyl groups is 1. The van der Waals surface area contributed by atoms with E-state index in [-0.39, 0.29) is 6.04 Å². The molecule has 3 nitrogen and oxygen atoms in total. The number of nitrogens with zero attached hydrogens (tertiary/aromatic N) is 1. The molecule has 14 heavy (non-hydrogen) atoms. The molecule has 0 saturated heterocycles. The smallest absolute Gasteiger partial charge is 0.126 e. The molecular formula is C11H18N2O. The first kappa shape index (κ1) is 11.0. The molecule has 1 heterocycles. The molecule has 0 spiro atoms. The fourth-order valence-corrected chi connectivity index (χ4v) is 1.40. The average molecular weight is 194 g/mol. The molecule has 0 radical (unpaired) electrons. The second kappa shape index (κ2) is 4.42. The fraction of sp³-hybridized carbons (Fsp3) is 0.545. The largest absolute Gasteiger partial charge is 0.388 e. The van der Waals surface area contributed by atoms with Gasteiger partial charge in [0.05, 0.1) is 11.6 Å². The van der Waals surface area contributed by atoms with Gasteiger partial charge in [0.25, 0.3) is 0 Å². The number of hydrogen-bond acceptors (Lipinski definition) is 3. The number of aromatic nitrogens is 1. The van der Waals surface area contributed by atoms with E-state index in [0.29, 0.717) is 0 Å². The van der Waals surface area contributed by atoms with Crippen molar-refractivity contribution in [2.24, 2.45) is 0 Å². The van der Waals surface area contributed by atoms with E-state index in [0.717, 1.165) is 12.2 Å². The molecule has 1 unspecified atom stereocenters. The lowest BCUT2D eigenvalue weighted by atomic mass is 9.97. The van der Waals surface area contributed by atoms with Crippen molar-refractivity contribution in [3.63, 3.8) is 0 Å². The summed E-state index contributed by atoms with van der Waals surface area (Å²) in [6, 6.07) is 5.72. The van der Waals surface area contributed by atoms with Crippen molar-refractivity contribution in [3.05, 3.63) is 24.4 Å². The van der Waals surface area contributed by atoms with E-state index in [9.17, 15) is 5.11 Å². The minimum Gasteiger partial charge on any atom is -0.388 e. The number of hydrogen-bond donors (Lipinski definition) is 2. The molecule has 2 N–H and O–H groups in total. The monoisotopic (exact) mass is 194 g/mol. The molecule has 0 aliphatic rings. The van der Waals surface area contributed by atoms with Gasteiger partial charge in [0.2, 0.25) is 0 Å². The van der Waals surface area contributed by atoms with E-state index in [2.05, 4.69) is 10.3 Å². The molecule has 0 aromatic carbocycles. The second-order valence-corrected chi connectivity index (χ2v) is 3.97. The maximum absolute atomic E-state index is 9.85. The summed E-state index contributed by atoms with van der Waals surface area (Å²) in [5.41, 5.74) is -0.730. The summed E-state index contributed by atoms with van der Waals surface area (Å²) < 4.78 is 0. The van der Waals surface area contributed by atoms with Crippen molar-refractivity contribution in [1.29, 1.82) is 0 Å². The Morgan fingerprint density at radius 3 is 2.64 bits per heavy atom. The average Bonchev–Trinajstić information content (AvgIpc) is 2.14. The Kier molecular flexibility index (Phi) is 3.47. The van der Waals surface area contributed by atoms with Crippen LogP contribution in [-0.2, 0) is 0 Å². The molecule has 0 bridgehead atoms. The summed E-state index contributed by atoms with van der Waals surface area (Å²) in [5, 5.41) is 13.1. The normalized spacial score (nSPS) is 13.7. The lowest BCUT2D eigenvalue weighted by Gasteiger charge is -2.29. The highest BCUT2D eigenvalue weighted by Gasteiger charge is 2.24. The van der Waals surface area contributed by atoms with E-state index < -0.39 is 5.60 Å². The maximum atomic E-state index is 9.85. The molecule has 1 atom stereocenters. The summed E-state index contributed by atoms with van der Waals surface area (Å²) in [6.07, 6.45) is 2.60. The van der Waals surface area contributed by atoms with Crippen LogP contribution < -0.4 is 5.32 Å². The van der Waals surface area contributed by atoms with Crippen molar-refractivity contribution in [2.45, 2.75) is 38.8 Å². The Hall–Kier alpha value is -1.09. The highest BCUT2D eigenvalue weighted by molar-refractivity contribution is 5.35. The summed E-state index contributed by atoms with van der Waals surface area (Å²) in [4.78, 5) is 4.16. The molecule has 0 aliphatic heterocycles. The molecule has 0 fully saturated rings. The summed E-state index contributed by atoms with van der Waals surface area (Å²) in [5.74, 6) is 0.807. The predicted molar refractivity (Wildman–Crippen MR) is 58.2 cm³/mol. The van der Waals surface area contributed by atoms with E-state index >= 15 is 0 Å². The Labute approximate surface area is 85.2 Å². The summed E-state index contributed by atoms with van der Waals surface area (Å²) in [7, 11) is 0. The first-order valence-electron chi connectivity index (χ1n) is 4.94. The molecule has 1 rings (SSSR count). The topological polar surface area (TPSA) is 45.2 Å². The van der Waals surface area contributed by atoms with Gasteiger partial charge >= 0.3 is 0 Å². The van der Waals surface area contributed by atoms with Gasteiger partial charge in [-0.05, 0) is 32.4 Å². The van der Waals surface area contributed by atoms with Crippen LogP contribution in [0.3, 0.4) is 0 Å². The van der Waals surface area contributed by atoms with Crippen LogP contribution in [-0.4, -0.2) is 21.7 Å².